The van der Waals surface area contributed by atoms with Crippen LogP contribution in [0.3, 0.4) is 0 Å². The average Bonchev–Trinajstić information content (AvgIpc) is 2.13. The Bertz CT molecular complexity index is 101. The van der Waals surface area contributed by atoms with E-state index in [4.69, 9.17) is 23.2 Å². The zero-order chi connectivity index (χ0) is 6.36. The molecule has 1 rings (SSSR count). The van der Waals surface area contributed by atoms with Gasteiger partial charge >= 0.3 is 0 Å². The fourth-order valence-electron chi connectivity index (χ4n) is 0.645. The van der Waals surface area contributed by atoms with Crippen molar-refractivity contribution in [2.24, 2.45) is 5.92 Å². The Morgan fingerprint density at radius 2 is 2.12 bits per heavy atom. The van der Waals surface area contributed by atoms with Crippen molar-refractivity contribution in [3.63, 3.8) is 0 Å². The van der Waals surface area contributed by atoms with Crippen molar-refractivity contribution in [3.8, 4) is 0 Å². The molecule has 1 atom stereocenters. The predicted octanol–water partition coefficient (Wildman–Crippen LogP) is 3.13. The summed E-state index contributed by atoms with van der Waals surface area (Å²) in [5, 5.41) is 0. The Kier molecular flexibility index (Phi) is 1.82. The monoisotopic (exact) mass is 215 g/mol. The van der Waals surface area contributed by atoms with E-state index >= 15 is 0 Å². The fraction of sp³-hybridized carbons (Fsp3) is 0.800. The van der Waals surface area contributed by atoms with Crippen molar-refractivity contribution < 1.29 is 0 Å². The molecular formula is C5H6BrCl2. The second-order valence-electron chi connectivity index (χ2n) is 2.10. The van der Waals surface area contributed by atoms with Crippen LogP contribution < -0.4 is 0 Å². The van der Waals surface area contributed by atoms with Crippen molar-refractivity contribution in [3.05, 3.63) is 4.83 Å². The van der Waals surface area contributed by atoms with Crippen LogP contribution in [0.1, 0.15) is 13.3 Å². The third-order valence-electron chi connectivity index (χ3n) is 1.31. The molecule has 0 spiro atoms. The molecule has 0 bridgehead atoms. The molecule has 0 aliphatic heterocycles. The number of hydrogen-bond acceptors (Lipinski definition) is 0. The van der Waals surface area contributed by atoms with E-state index in [0.717, 1.165) is 11.2 Å². The average molecular weight is 217 g/mol. The van der Waals surface area contributed by atoms with E-state index in [2.05, 4.69) is 15.9 Å². The Balaban J connectivity index is 2.37. The molecule has 0 aromatic carbocycles. The van der Waals surface area contributed by atoms with E-state index in [-0.39, 0.29) is 0 Å². The molecule has 0 aromatic heterocycles. The van der Waals surface area contributed by atoms with Crippen LogP contribution in [0, 0.1) is 10.7 Å². The summed E-state index contributed by atoms with van der Waals surface area (Å²) >= 11 is 14.8. The van der Waals surface area contributed by atoms with E-state index in [0.29, 0.717) is 5.92 Å². The molecule has 1 saturated carbocycles. The lowest BCUT2D eigenvalue weighted by Gasteiger charge is -1.98. The third kappa shape index (κ3) is 1.31. The Morgan fingerprint density at radius 3 is 2.12 bits per heavy atom. The van der Waals surface area contributed by atoms with Gasteiger partial charge in [0.25, 0.3) is 0 Å². The van der Waals surface area contributed by atoms with Gasteiger partial charge in [-0.05, 0) is 13.3 Å². The molecule has 1 radical (unpaired) electrons. The fourth-order valence-corrected chi connectivity index (χ4v) is 2.10. The molecule has 8 heavy (non-hydrogen) atoms. The van der Waals surface area contributed by atoms with Gasteiger partial charge in [0.1, 0.15) is 4.33 Å². The van der Waals surface area contributed by atoms with Crippen LogP contribution in [0.25, 0.3) is 0 Å². The van der Waals surface area contributed by atoms with E-state index in [1.54, 1.807) is 0 Å². The quantitative estimate of drug-likeness (QED) is 0.591. The first-order valence-electron chi connectivity index (χ1n) is 2.41. The highest BCUT2D eigenvalue weighted by Crippen LogP contribution is 2.58. The van der Waals surface area contributed by atoms with Crippen LogP contribution >= 0.6 is 39.1 Å². The zero-order valence-corrected chi connectivity index (χ0v) is 7.52. The Hall–Kier alpha value is 1.06. The summed E-state index contributed by atoms with van der Waals surface area (Å²) in [4.78, 5) is 1.16. The summed E-state index contributed by atoms with van der Waals surface area (Å²) in [6.45, 7) is 1.98. The molecule has 0 saturated heterocycles. The lowest BCUT2D eigenvalue weighted by atomic mass is 10.3. The third-order valence-corrected chi connectivity index (χ3v) is 2.69. The second-order valence-corrected chi connectivity index (χ2v) is 4.90. The van der Waals surface area contributed by atoms with Crippen LogP contribution in [-0.2, 0) is 0 Å². The van der Waals surface area contributed by atoms with Crippen molar-refractivity contribution in [2.45, 2.75) is 17.7 Å². The minimum atomic E-state index is -0.451. The SMILES string of the molecule is C[C](Br)C1CC1(Cl)Cl. The molecular weight excluding hydrogens is 211 g/mol. The molecule has 1 aliphatic rings. The number of halogens is 3. The van der Waals surface area contributed by atoms with Gasteiger partial charge in [-0.2, -0.15) is 0 Å². The highest BCUT2D eigenvalue weighted by atomic mass is 79.9. The zero-order valence-electron chi connectivity index (χ0n) is 4.42. The molecule has 1 aliphatic carbocycles. The summed E-state index contributed by atoms with van der Waals surface area (Å²) in [6, 6.07) is 0. The van der Waals surface area contributed by atoms with E-state index in [9.17, 15) is 0 Å². The van der Waals surface area contributed by atoms with Crippen molar-refractivity contribution in [2.75, 3.05) is 0 Å². The van der Waals surface area contributed by atoms with Gasteiger partial charge in [-0.25, -0.2) is 0 Å². The van der Waals surface area contributed by atoms with Gasteiger partial charge in [0, 0.05) is 10.7 Å². The van der Waals surface area contributed by atoms with Crippen molar-refractivity contribution >= 4 is 39.1 Å². The van der Waals surface area contributed by atoms with Crippen molar-refractivity contribution in [1.29, 1.82) is 0 Å². The minimum absolute atomic E-state index is 0.380. The van der Waals surface area contributed by atoms with Gasteiger partial charge in [0.2, 0.25) is 0 Å². The maximum Gasteiger partial charge on any atom is 0.123 e. The standard InChI is InChI=1S/C5H6BrCl2/c1-3(6)4-2-5(4,7)8/h4H,2H2,1H3. The minimum Gasteiger partial charge on any atom is -0.101 e. The summed E-state index contributed by atoms with van der Waals surface area (Å²) in [7, 11) is 0. The number of alkyl halides is 2. The first kappa shape index (κ1) is 7.17. The number of hydrogen-bond donors (Lipinski definition) is 0. The van der Waals surface area contributed by atoms with Crippen LogP contribution in [0.4, 0.5) is 0 Å². The maximum absolute atomic E-state index is 5.72. The molecule has 47 valence electrons. The topological polar surface area (TPSA) is 0 Å². The lowest BCUT2D eigenvalue weighted by molar-refractivity contribution is 0.955. The number of rotatable bonds is 1. The lowest BCUT2D eigenvalue weighted by Crippen LogP contribution is -1.92. The highest BCUT2D eigenvalue weighted by molar-refractivity contribution is 9.11. The summed E-state index contributed by atoms with van der Waals surface area (Å²) in [6.07, 6.45) is 0.896. The van der Waals surface area contributed by atoms with Crippen LogP contribution in [-0.4, -0.2) is 4.33 Å². The van der Waals surface area contributed by atoms with Gasteiger partial charge < -0.3 is 0 Å². The summed E-state index contributed by atoms with van der Waals surface area (Å²) in [5.41, 5.74) is 0. The van der Waals surface area contributed by atoms with Gasteiger partial charge in [-0.15, -0.1) is 23.2 Å². The van der Waals surface area contributed by atoms with E-state index < -0.39 is 4.33 Å². The normalized spacial score (nSPS) is 33.4. The first-order valence-corrected chi connectivity index (χ1v) is 3.96. The predicted molar refractivity (Wildman–Crippen MR) is 40.4 cm³/mol. The summed E-state index contributed by atoms with van der Waals surface area (Å²) < 4.78 is -0.451. The largest absolute Gasteiger partial charge is 0.123 e. The first-order chi connectivity index (χ1) is 3.54. The molecule has 0 N–H and O–H groups in total. The van der Waals surface area contributed by atoms with Crippen LogP contribution in [0.15, 0.2) is 0 Å². The van der Waals surface area contributed by atoms with Gasteiger partial charge in [0.05, 0.1) is 0 Å². The van der Waals surface area contributed by atoms with Crippen LogP contribution in [0.2, 0.25) is 0 Å². The smallest absolute Gasteiger partial charge is 0.101 e. The van der Waals surface area contributed by atoms with Gasteiger partial charge in [0.15, 0.2) is 0 Å². The Morgan fingerprint density at radius 1 is 1.75 bits per heavy atom. The van der Waals surface area contributed by atoms with E-state index in [1.165, 1.54) is 0 Å². The Labute approximate surface area is 67.7 Å². The summed E-state index contributed by atoms with van der Waals surface area (Å²) in [5.74, 6) is 0.380. The molecule has 0 aromatic rings. The molecule has 0 heterocycles. The van der Waals surface area contributed by atoms with E-state index in [1.807, 2.05) is 6.92 Å². The maximum atomic E-state index is 5.72. The molecule has 1 fully saturated rings. The molecule has 1 unspecified atom stereocenters. The highest BCUT2D eigenvalue weighted by Gasteiger charge is 2.53. The van der Waals surface area contributed by atoms with Gasteiger partial charge in [-0.1, -0.05) is 15.9 Å². The van der Waals surface area contributed by atoms with Gasteiger partial charge in [-0.3, -0.25) is 0 Å². The molecule has 3 heteroatoms. The van der Waals surface area contributed by atoms with Crippen LogP contribution in [0.5, 0.6) is 0 Å². The molecule has 0 nitrogen and oxygen atoms in total. The molecule has 0 amide bonds. The van der Waals surface area contributed by atoms with Crippen molar-refractivity contribution in [1.82, 2.24) is 0 Å². The second kappa shape index (κ2) is 2.03.